The predicted octanol–water partition coefficient (Wildman–Crippen LogP) is 1.12. The lowest BCUT2D eigenvalue weighted by atomic mass is 10.0. The molecule has 0 saturated heterocycles. The Labute approximate surface area is 63.8 Å². The van der Waals surface area contributed by atoms with Crippen molar-refractivity contribution in [3.8, 4) is 0 Å². The molecule has 0 aliphatic carbocycles. The summed E-state index contributed by atoms with van der Waals surface area (Å²) in [5, 5.41) is 9.32. The zero-order valence-corrected chi connectivity index (χ0v) is 7.33. The Morgan fingerprint density at radius 1 is 1.50 bits per heavy atom. The van der Waals surface area contributed by atoms with Gasteiger partial charge in [0.25, 0.3) is 0 Å². The number of nitrogens with zero attached hydrogens (tertiary/aromatic N) is 1. The average Bonchev–Trinajstić information content (AvgIpc) is 1.85. The Kier molecular flexibility index (Phi) is 4.65. The third-order valence-corrected chi connectivity index (χ3v) is 1.56. The fourth-order valence-corrected chi connectivity index (χ4v) is 0.941. The van der Waals surface area contributed by atoms with E-state index in [1.54, 1.807) is 0 Å². The molecule has 2 heteroatoms. The molecule has 1 radical (unpaired) electrons. The molecule has 0 aliphatic heterocycles. The number of hydrogen-bond acceptors (Lipinski definition) is 2. The van der Waals surface area contributed by atoms with Crippen molar-refractivity contribution in [1.29, 1.82) is 0 Å². The first-order valence-electron chi connectivity index (χ1n) is 3.77. The lowest BCUT2D eigenvalue weighted by molar-refractivity contribution is 0.114. The summed E-state index contributed by atoms with van der Waals surface area (Å²) in [4.78, 5) is 1.98. The molecule has 0 bridgehead atoms. The van der Waals surface area contributed by atoms with Gasteiger partial charge < -0.3 is 10.0 Å². The van der Waals surface area contributed by atoms with Gasteiger partial charge in [0.15, 0.2) is 0 Å². The summed E-state index contributed by atoms with van der Waals surface area (Å²) in [6.45, 7) is 6.03. The SMILES string of the molecule is CCC(O)C(C)[CH]N(C)C. The zero-order valence-electron chi connectivity index (χ0n) is 7.33. The largest absolute Gasteiger partial charge is 0.393 e. The highest BCUT2D eigenvalue weighted by Gasteiger charge is 2.12. The number of aliphatic hydroxyl groups is 1. The first-order valence-corrected chi connectivity index (χ1v) is 3.77. The molecule has 0 aromatic rings. The second-order valence-corrected chi connectivity index (χ2v) is 2.95. The molecule has 0 aromatic heterocycles. The molecule has 0 saturated carbocycles. The van der Waals surface area contributed by atoms with Gasteiger partial charge in [-0.25, -0.2) is 0 Å². The van der Waals surface area contributed by atoms with E-state index in [0.717, 1.165) is 6.42 Å². The van der Waals surface area contributed by atoms with E-state index in [4.69, 9.17) is 0 Å². The zero-order chi connectivity index (χ0) is 8.15. The van der Waals surface area contributed by atoms with Crippen LogP contribution in [0.2, 0.25) is 0 Å². The Hall–Kier alpha value is -0.0800. The molecule has 1 N–H and O–H groups in total. The fourth-order valence-electron chi connectivity index (χ4n) is 0.941. The average molecular weight is 144 g/mol. The Morgan fingerprint density at radius 2 is 2.00 bits per heavy atom. The van der Waals surface area contributed by atoms with Gasteiger partial charge in [-0.3, -0.25) is 0 Å². The van der Waals surface area contributed by atoms with Crippen molar-refractivity contribution in [2.24, 2.45) is 5.92 Å². The van der Waals surface area contributed by atoms with Gasteiger partial charge in [0.1, 0.15) is 0 Å². The minimum atomic E-state index is -0.192. The highest BCUT2D eigenvalue weighted by molar-refractivity contribution is 4.75. The van der Waals surface area contributed by atoms with Crippen LogP contribution in [0.3, 0.4) is 0 Å². The Balaban J connectivity index is 3.50. The van der Waals surface area contributed by atoms with E-state index < -0.39 is 0 Å². The number of rotatable bonds is 4. The van der Waals surface area contributed by atoms with Gasteiger partial charge in [0.05, 0.1) is 6.10 Å². The van der Waals surface area contributed by atoms with Crippen molar-refractivity contribution in [3.05, 3.63) is 6.54 Å². The van der Waals surface area contributed by atoms with Gasteiger partial charge in [-0.05, 0) is 26.4 Å². The highest BCUT2D eigenvalue weighted by Crippen LogP contribution is 2.10. The van der Waals surface area contributed by atoms with E-state index in [1.807, 2.05) is 39.4 Å². The molecule has 0 fully saturated rings. The lowest BCUT2D eigenvalue weighted by Gasteiger charge is -2.20. The molecule has 0 heterocycles. The van der Waals surface area contributed by atoms with E-state index >= 15 is 0 Å². The van der Waals surface area contributed by atoms with Crippen LogP contribution in [0.25, 0.3) is 0 Å². The smallest absolute Gasteiger partial charge is 0.0578 e. The predicted molar refractivity (Wildman–Crippen MR) is 43.4 cm³/mol. The van der Waals surface area contributed by atoms with Crippen molar-refractivity contribution in [3.63, 3.8) is 0 Å². The highest BCUT2D eigenvalue weighted by atomic mass is 16.3. The molecular weight excluding hydrogens is 126 g/mol. The van der Waals surface area contributed by atoms with Crippen molar-refractivity contribution < 1.29 is 5.11 Å². The fraction of sp³-hybridized carbons (Fsp3) is 0.875. The second kappa shape index (κ2) is 4.69. The third-order valence-electron chi connectivity index (χ3n) is 1.56. The molecule has 2 unspecified atom stereocenters. The maximum absolute atomic E-state index is 9.32. The summed E-state index contributed by atoms with van der Waals surface area (Å²) in [5.41, 5.74) is 0. The van der Waals surface area contributed by atoms with Gasteiger partial charge in [-0.1, -0.05) is 13.8 Å². The van der Waals surface area contributed by atoms with Crippen molar-refractivity contribution in [1.82, 2.24) is 4.90 Å². The molecule has 0 aromatic carbocycles. The van der Waals surface area contributed by atoms with E-state index in [-0.39, 0.29) is 12.0 Å². The maximum atomic E-state index is 9.32. The van der Waals surface area contributed by atoms with Crippen LogP contribution in [0.15, 0.2) is 0 Å². The normalized spacial score (nSPS) is 17.4. The van der Waals surface area contributed by atoms with Crippen LogP contribution >= 0.6 is 0 Å². The van der Waals surface area contributed by atoms with E-state index in [2.05, 4.69) is 0 Å². The summed E-state index contributed by atoms with van der Waals surface area (Å²) in [7, 11) is 3.94. The topological polar surface area (TPSA) is 23.5 Å². The Morgan fingerprint density at radius 3 is 2.30 bits per heavy atom. The molecule has 10 heavy (non-hydrogen) atoms. The Bertz CT molecular complexity index is 83.3. The molecule has 0 aliphatic rings. The minimum Gasteiger partial charge on any atom is -0.393 e. The van der Waals surface area contributed by atoms with Crippen LogP contribution in [0.5, 0.6) is 0 Å². The van der Waals surface area contributed by atoms with E-state index in [1.165, 1.54) is 0 Å². The standard InChI is InChI=1S/C8H18NO/c1-5-8(10)7(2)6-9(3)4/h6-8,10H,5H2,1-4H3. The summed E-state index contributed by atoms with van der Waals surface area (Å²) >= 11 is 0. The molecular formula is C8H18NO. The maximum Gasteiger partial charge on any atom is 0.0578 e. The van der Waals surface area contributed by atoms with Crippen molar-refractivity contribution in [2.75, 3.05) is 14.1 Å². The van der Waals surface area contributed by atoms with Crippen LogP contribution in [-0.2, 0) is 0 Å². The third kappa shape index (κ3) is 3.85. The van der Waals surface area contributed by atoms with Gasteiger partial charge in [-0.2, -0.15) is 0 Å². The summed E-state index contributed by atoms with van der Waals surface area (Å²) < 4.78 is 0. The number of hydrogen-bond donors (Lipinski definition) is 1. The van der Waals surface area contributed by atoms with E-state index in [0.29, 0.717) is 0 Å². The first kappa shape index (κ1) is 9.92. The lowest BCUT2D eigenvalue weighted by Crippen LogP contribution is -2.23. The monoisotopic (exact) mass is 144 g/mol. The van der Waals surface area contributed by atoms with Gasteiger partial charge in [-0.15, -0.1) is 0 Å². The van der Waals surface area contributed by atoms with Crippen LogP contribution < -0.4 is 0 Å². The first-order chi connectivity index (χ1) is 4.57. The molecule has 2 atom stereocenters. The van der Waals surface area contributed by atoms with Crippen LogP contribution in [0.1, 0.15) is 20.3 Å². The molecule has 0 amide bonds. The van der Waals surface area contributed by atoms with Crippen LogP contribution in [-0.4, -0.2) is 30.2 Å². The number of aliphatic hydroxyl groups excluding tert-OH is 1. The molecule has 61 valence electrons. The summed E-state index contributed by atoms with van der Waals surface area (Å²) in [6, 6.07) is 0. The van der Waals surface area contributed by atoms with Crippen LogP contribution in [0.4, 0.5) is 0 Å². The summed E-state index contributed by atoms with van der Waals surface area (Å²) in [5.74, 6) is 0.264. The quantitative estimate of drug-likeness (QED) is 0.639. The van der Waals surface area contributed by atoms with Gasteiger partial charge in [0.2, 0.25) is 0 Å². The van der Waals surface area contributed by atoms with E-state index in [9.17, 15) is 5.11 Å². The van der Waals surface area contributed by atoms with Gasteiger partial charge >= 0.3 is 0 Å². The van der Waals surface area contributed by atoms with Crippen molar-refractivity contribution >= 4 is 0 Å². The molecule has 0 spiro atoms. The minimum absolute atomic E-state index is 0.192. The molecule has 0 rings (SSSR count). The summed E-state index contributed by atoms with van der Waals surface area (Å²) in [6.07, 6.45) is 0.633. The second-order valence-electron chi connectivity index (χ2n) is 2.95. The molecule has 2 nitrogen and oxygen atoms in total. The van der Waals surface area contributed by atoms with Crippen LogP contribution in [0, 0.1) is 12.5 Å². The van der Waals surface area contributed by atoms with Crippen molar-refractivity contribution in [2.45, 2.75) is 26.4 Å². The van der Waals surface area contributed by atoms with Gasteiger partial charge in [0, 0.05) is 6.54 Å².